The van der Waals surface area contributed by atoms with Crippen molar-refractivity contribution in [2.24, 2.45) is 11.1 Å². The highest BCUT2D eigenvalue weighted by Gasteiger charge is 2.57. The van der Waals surface area contributed by atoms with Gasteiger partial charge in [-0.2, -0.15) is 4.98 Å². The molecule has 2 amide bonds. The Bertz CT molecular complexity index is 1170. The Balaban J connectivity index is 1.73. The van der Waals surface area contributed by atoms with Crippen molar-refractivity contribution in [3.63, 3.8) is 0 Å². The van der Waals surface area contributed by atoms with E-state index in [1.54, 1.807) is 6.07 Å². The molecule has 3 N–H and O–H groups in total. The molecule has 0 spiro atoms. The van der Waals surface area contributed by atoms with Gasteiger partial charge in [-0.3, -0.25) is 14.5 Å². The Morgan fingerprint density at radius 1 is 1.10 bits per heavy atom. The highest BCUT2D eigenvalue weighted by atomic mass is 79.9. The molecule has 158 valence electrons. The van der Waals surface area contributed by atoms with E-state index in [0.717, 1.165) is 0 Å². The molecule has 0 unspecified atom stereocenters. The first-order valence-corrected chi connectivity index (χ1v) is 10.0. The molecular weight excluding hydrogens is 472 g/mol. The molecule has 1 aliphatic carbocycles. The van der Waals surface area contributed by atoms with E-state index in [4.69, 9.17) is 5.73 Å². The molecule has 0 bridgehead atoms. The van der Waals surface area contributed by atoms with Crippen molar-refractivity contribution in [3.8, 4) is 0 Å². The first-order chi connectivity index (χ1) is 14.8. The number of hydrogen-bond acceptors (Lipinski definition) is 5. The third kappa shape index (κ3) is 4.11. The molecule has 1 aromatic heterocycles. The van der Waals surface area contributed by atoms with Crippen LogP contribution in [0.15, 0.2) is 59.2 Å². The van der Waals surface area contributed by atoms with Crippen LogP contribution >= 0.6 is 15.9 Å². The van der Waals surface area contributed by atoms with Crippen LogP contribution in [-0.4, -0.2) is 21.8 Å². The number of benzene rings is 2. The number of nitrogens with two attached hydrogens (primary N) is 1. The average molecular weight is 488 g/mol. The van der Waals surface area contributed by atoms with E-state index in [-0.39, 0.29) is 17.5 Å². The van der Waals surface area contributed by atoms with Crippen LogP contribution in [-0.2, 0) is 9.59 Å². The maximum absolute atomic E-state index is 14.2. The highest BCUT2D eigenvalue weighted by Crippen LogP contribution is 2.48. The van der Waals surface area contributed by atoms with Crippen molar-refractivity contribution in [3.05, 3.63) is 70.8 Å². The van der Waals surface area contributed by atoms with Crippen LogP contribution in [0, 0.1) is 17.0 Å². The van der Waals surface area contributed by atoms with Gasteiger partial charge in [-0.25, -0.2) is 13.8 Å². The Morgan fingerprint density at radius 3 is 2.42 bits per heavy atom. The molecule has 1 aliphatic rings. The van der Waals surface area contributed by atoms with Gasteiger partial charge in [0.2, 0.25) is 17.8 Å². The second kappa shape index (κ2) is 8.03. The standard InChI is InChI=1S/C21H16BrF2N5O2/c22-12-1-6-16(15(24)11-12)27-20-26-10-7-17(28-20)29(14-4-2-13(23)3-5-14)19(31)21(8-9-21)18(25)30/h1-7,10-11H,8-9H2,(H2,25,30)(H,26,27,28). The quantitative estimate of drug-likeness (QED) is 0.507. The lowest BCUT2D eigenvalue weighted by molar-refractivity contribution is -0.133. The van der Waals surface area contributed by atoms with Gasteiger partial charge < -0.3 is 11.1 Å². The fourth-order valence-electron chi connectivity index (χ4n) is 3.09. The Labute approximate surface area is 184 Å². The van der Waals surface area contributed by atoms with Gasteiger partial charge in [0.25, 0.3) is 0 Å². The third-order valence-corrected chi connectivity index (χ3v) is 5.46. The molecule has 1 saturated carbocycles. The molecule has 2 aromatic carbocycles. The third-order valence-electron chi connectivity index (χ3n) is 4.97. The van der Waals surface area contributed by atoms with Crippen LogP contribution < -0.4 is 16.0 Å². The molecular formula is C21H16BrF2N5O2. The number of nitrogens with one attached hydrogen (secondary N) is 1. The summed E-state index contributed by atoms with van der Waals surface area (Å²) >= 11 is 3.19. The predicted molar refractivity (Wildman–Crippen MR) is 114 cm³/mol. The molecule has 0 radical (unpaired) electrons. The number of anilines is 4. The maximum atomic E-state index is 14.2. The van der Waals surface area contributed by atoms with Crippen molar-refractivity contribution >= 4 is 50.9 Å². The SMILES string of the molecule is NC(=O)C1(C(=O)N(c2ccc(F)cc2)c2ccnc(Nc3ccc(Br)cc3F)n2)CC1. The van der Waals surface area contributed by atoms with Gasteiger partial charge in [0, 0.05) is 16.7 Å². The van der Waals surface area contributed by atoms with Crippen LogP contribution in [0.3, 0.4) is 0 Å². The number of carbonyl (C=O) groups is 2. The molecule has 0 atom stereocenters. The summed E-state index contributed by atoms with van der Waals surface area (Å²) in [6.45, 7) is 0. The average Bonchev–Trinajstić information content (AvgIpc) is 3.54. The number of nitrogens with zero attached hydrogens (tertiary/aromatic N) is 3. The summed E-state index contributed by atoms with van der Waals surface area (Å²) in [7, 11) is 0. The molecule has 3 aromatic rings. The predicted octanol–water partition coefficient (Wildman–Crippen LogP) is 4.19. The normalized spacial score (nSPS) is 14.0. The van der Waals surface area contributed by atoms with Crippen molar-refractivity contribution < 1.29 is 18.4 Å². The molecule has 7 nitrogen and oxygen atoms in total. The van der Waals surface area contributed by atoms with Gasteiger partial charge in [-0.1, -0.05) is 15.9 Å². The van der Waals surface area contributed by atoms with E-state index in [0.29, 0.717) is 23.0 Å². The topological polar surface area (TPSA) is 101 Å². The van der Waals surface area contributed by atoms with Crippen molar-refractivity contribution in [1.82, 2.24) is 9.97 Å². The second-order valence-electron chi connectivity index (χ2n) is 7.05. The number of carbonyl (C=O) groups excluding carboxylic acids is 2. The van der Waals surface area contributed by atoms with Crippen LogP contribution in [0.25, 0.3) is 0 Å². The van der Waals surface area contributed by atoms with Crippen LogP contribution in [0.5, 0.6) is 0 Å². The van der Waals surface area contributed by atoms with Crippen molar-refractivity contribution in [1.29, 1.82) is 0 Å². The van der Waals surface area contributed by atoms with Gasteiger partial charge in [-0.15, -0.1) is 0 Å². The summed E-state index contributed by atoms with van der Waals surface area (Å²) in [6, 6.07) is 11.1. The summed E-state index contributed by atoms with van der Waals surface area (Å²) in [6.07, 6.45) is 2.02. The summed E-state index contributed by atoms with van der Waals surface area (Å²) < 4.78 is 28.2. The number of amides is 2. The number of hydrogen-bond donors (Lipinski definition) is 2. The van der Waals surface area contributed by atoms with E-state index < -0.39 is 28.9 Å². The number of aromatic nitrogens is 2. The maximum Gasteiger partial charge on any atom is 0.248 e. The Hall–Kier alpha value is -3.40. The molecule has 1 heterocycles. The lowest BCUT2D eigenvalue weighted by Gasteiger charge is -2.25. The van der Waals surface area contributed by atoms with Gasteiger partial charge >= 0.3 is 0 Å². The zero-order valence-corrected chi connectivity index (χ0v) is 17.6. The van der Waals surface area contributed by atoms with Crippen LogP contribution in [0.4, 0.5) is 31.9 Å². The molecule has 10 heteroatoms. The monoisotopic (exact) mass is 487 g/mol. The Morgan fingerprint density at radius 2 is 1.81 bits per heavy atom. The van der Waals surface area contributed by atoms with E-state index in [9.17, 15) is 18.4 Å². The first kappa shape index (κ1) is 20.9. The zero-order chi connectivity index (χ0) is 22.2. The van der Waals surface area contributed by atoms with Gasteiger partial charge in [0.15, 0.2) is 0 Å². The molecule has 31 heavy (non-hydrogen) atoms. The lowest BCUT2D eigenvalue weighted by atomic mass is 10.0. The summed E-state index contributed by atoms with van der Waals surface area (Å²) in [5, 5.41) is 2.76. The minimum Gasteiger partial charge on any atom is -0.369 e. The van der Waals surface area contributed by atoms with Crippen LogP contribution in [0.1, 0.15) is 12.8 Å². The van der Waals surface area contributed by atoms with Gasteiger partial charge in [-0.05, 0) is 55.3 Å². The first-order valence-electron chi connectivity index (χ1n) is 9.25. The van der Waals surface area contributed by atoms with Crippen molar-refractivity contribution in [2.45, 2.75) is 12.8 Å². The van der Waals surface area contributed by atoms with Gasteiger partial charge in [0.1, 0.15) is 22.9 Å². The smallest absolute Gasteiger partial charge is 0.248 e. The molecule has 0 saturated heterocycles. The second-order valence-corrected chi connectivity index (χ2v) is 7.97. The summed E-state index contributed by atoms with van der Waals surface area (Å²) in [4.78, 5) is 34.8. The minimum absolute atomic E-state index is 0.0301. The summed E-state index contributed by atoms with van der Waals surface area (Å²) in [5.41, 5.74) is 4.59. The Kier molecular flexibility index (Phi) is 5.40. The zero-order valence-electron chi connectivity index (χ0n) is 16.0. The molecule has 1 fully saturated rings. The highest BCUT2D eigenvalue weighted by molar-refractivity contribution is 9.10. The minimum atomic E-state index is -1.33. The van der Waals surface area contributed by atoms with E-state index in [1.165, 1.54) is 53.6 Å². The largest absolute Gasteiger partial charge is 0.369 e. The van der Waals surface area contributed by atoms with Crippen molar-refractivity contribution in [2.75, 3.05) is 10.2 Å². The number of primary amides is 1. The number of rotatable bonds is 6. The van der Waals surface area contributed by atoms with E-state index >= 15 is 0 Å². The van der Waals surface area contributed by atoms with Crippen LogP contribution in [0.2, 0.25) is 0 Å². The summed E-state index contributed by atoms with van der Waals surface area (Å²) in [5.74, 6) is -2.15. The van der Waals surface area contributed by atoms with E-state index in [1.807, 2.05) is 0 Å². The number of halogens is 3. The molecule has 4 rings (SSSR count). The van der Waals surface area contributed by atoms with Gasteiger partial charge in [0.05, 0.1) is 11.4 Å². The fraction of sp³-hybridized carbons (Fsp3) is 0.143. The fourth-order valence-corrected chi connectivity index (χ4v) is 3.43. The van der Waals surface area contributed by atoms with E-state index in [2.05, 4.69) is 31.2 Å². The lowest BCUT2D eigenvalue weighted by Crippen LogP contribution is -2.41. The molecule has 0 aliphatic heterocycles.